The van der Waals surface area contributed by atoms with Crippen molar-refractivity contribution in [3.05, 3.63) is 0 Å². The molecule has 0 aliphatic carbocycles. The number of amides is 1. The zero-order chi connectivity index (χ0) is 10.9. The third-order valence-electron chi connectivity index (χ3n) is 0.813. The summed E-state index contributed by atoms with van der Waals surface area (Å²) in [5.41, 5.74) is 4.74. The first-order valence-corrected chi connectivity index (χ1v) is 4.62. The lowest BCUT2D eigenvalue weighted by molar-refractivity contribution is 0.0529. The Morgan fingerprint density at radius 3 is 2.23 bits per heavy atom. The van der Waals surface area contributed by atoms with Gasteiger partial charge < -0.3 is 15.8 Å². The van der Waals surface area contributed by atoms with Crippen LogP contribution in [0.3, 0.4) is 0 Å². The zero-order valence-electron chi connectivity index (χ0n) is 9.31. The summed E-state index contributed by atoms with van der Waals surface area (Å²) in [4.78, 5) is 10.8. The number of hydrogen-bond donors (Lipinski definition) is 2. The lowest BCUT2D eigenvalue weighted by atomic mass is 10.2. The van der Waals surface area contributed by atoms with E-state index < -0.39 is 11.7 Å². The smallest absolute Gasteiger partial charge is 0.407 e. The Morgan fingerprint density at radius 2 is 1.92 bits per heavy atom. The molecule has 0 spiro atoms. The van der Waals surface area contributed by atoms with Crippen LogP contribution in [0.2, 0.25) is 0 Å². The molecule has 0 heterocycles. The van der Waals surface area contributed by atoms with E-state index in [4.69, 9.17) is 10.5 Å². The third kappa shape index (κ3) is 14.1. The van der Waals surface area contributed by atoms with E-state index in [-0.39, 0.29) is 2.85 Å². The van der Waals surface area contributed by atoms with Crippen LogP contribution >= 0.6 is 0 Å². The van der Waals surface area contributed by atoms with Gasteiger partial charge in [-0.3, -0.25) is 0 Å². The van der Waals surface area contributed by atoms with Crippen molar-refractivity contribution in [2.45, 2.75) is 40.2 Å². The molecule has 0 saturated carbocycles. The fraction of sp³-hybridized carbons (Fsp3) is 0.889. The summed E-state index contributed by atoms with van der Waals surface area (Å²) in [6, 6.07) is 0. The molecule has 3 N–H and O–H groups in total. The number of carbonyl (C=O) groups excluding carboxylic acids is 1. The molecule has 0 saturated heterocycles. The van der Waals surface area contributed by atoms with Crippen LogP contribution in [0.15, 0.2) is 0 Å². The van der Waals surface area contributed by atoms with Crippen molar-refractivity contribution in [1.82, 2.24) is 5.32 Å². The fourth-order valence-electron chi connectivity index (χ4n) is 0.488. The Hall–Kier alpha value is -0.770. The quantitative estimate of drug-likeness (QED) is 0.706. The molecular formula is C9H26N2O2. The molecule has 0 aliphatic heterocycles. The van der Waals surface area contributed by atoms with Gasteiger partial charge in [-0.2, -0.15) is 0 Å². The predicted molar refractivity (Wildman–Crippen MR) is 58.9 cm³/mol. The van der Waals surface area contributed by atoms with Gasteiger partial charge in [0.1, 0.15) is 5.60 Å². The summed E-state index contributed by atoms with van der Waals surface area (Å²) in [5, 5.41) is 2.50. The molecule has 4 nitrogen and oxygen atoms in total. The first-order chi connectivity index (χ1) is 5.95. The Labute approximate surface area is 83.8 Å². The Morgan fingerprint density at radius 1 is 1.46 bits per heavy atom. The highest BCUT2D eigenvalue weighted by Gasteiger charge is 2.14. The van der Waals surface area contributed by atoms with Crippen LogP contribution in [0.25, 0.3) is 0 Å². The number of rotatable bonds is 2. The summed E-state index contributed by atoms with van der Waals surface area (Å²) in [6.07, 6.45) is -0.414. The Bertz CT molecular complexity index is 139. The number of nitrogens with one attached hydrogen (secondary N) is 1. The average Bonchev–Trinajstić information content (AvgIpc) is 2.01. The average molecular weight is 194 g/mol. The van der Waals surface area contributed by atoms with E-state index in [1.165, 1.54) is 0 Å². The second-order valence-corrected chi connectivity index (χ2v) is 3.22. The second-order valence-electron chi connectivity index (χ2n) is 3.22. The van der Waals surface area contributed by atoms with E-state index in [2.05, 4.69) is 5.32 Å². The minimum absolute atomic E-state index is 0. The number of nitrogens with two attached hydrogens (primary N) is 1. The molecular weight excluding hydrogens is 168 g/mol. The summed E-state index contributed by atoms with van der Waals surface area (Å²) in [7, 11) is 0. The summed E-state index contributed by atoms with van der Waals surface area (Å²) in [5.74, 6) is 0. The molecule has 0 aromatic carbocycles. The van der Waals surface area contributed by atoms with Crippen molar-refractivity contribution in [2.24, 2.45) is 5.73 Å². The molecule has 0 aromatic rings. The standard InChI is InChI=1S/C7H16N2O2.C2H6.2H2/c1-7(2,3)11-6(10)9-5-4-8;1-2;;/h4-5,8H2,1-3H3,(H,9,10);1-2H3;2*1H. The number of carbonyl (C=O) groups is 1. The van der Waals surface area contributed by atoms with Gasteiger partial charge in [-0.05, 0) is 20.8 Å². The minimum Gasteiger partial charge on any atom is -0.444 e. The van der Waals surface area contributed by atoms with Gasteiger partial charge in [0.05, 0.1) is 0 Å². The molecule has 0 fully saturated rings. The number of alkyl carbamates (subject to hydrolysis) is 1. The predicted octanol–water partition coefficient (Wildman–Crippen LogP) is 1.99. The second kappa shape index (κ2) is 7.86. The molecule has 0 rings (SSSR count). The number of ether oxygens (including phenoxy) is 1. The van der Waals surface area contributed by atoms with Crippen LogP contribution in [0, 0.1) is 0 Å². The SMILES string of the molecule is CC.CC(C)(C)OC(=O)NCCN.[HH].[HH]. The van der Waals surface area contributed by atoms with Gasteiger partial charge in [0.2, 0.25) is 0 Å². The van der Waals surface area contributed by atoms with Crippen LogP contribution in [0.5, 0.6) is 0 Å². The van der Waals surface area contributed by atoms with Gasteiger partial charge in [-0.25, -0.2) is 4.79 Å². The van der Waals surface area contributed by atoms with E-state index in [0.717, 1.165) is 0 Å². The zero-order valence-corrected chi connectivity index (χ0v) is 9.31. The molecule has 13 heavy (non-hydrogen) atoms. The number of hydrogen-bond acceptors (Lipinski definition) is 3. The maximum absolute atomic E-state index is 10.8. The maximum Gasteiger partial charge on any atom is 0.407 e. The van der Waals surface area contributed by atoms with Gasteiger partial charge in [0, 0.05) is 15.9 Å². The van der Waals surface area contributed by atoms with Gasteiger partial charge in [0.25, 0.3) is 0 Å². The van der Waals surface area contributed by atoms with E-state index in [1.54, 1.807) is 0 Å². The van der Waals surface area contributed by atoms with Gasteiger partial charge in [-0.1, -0.05) is 13.8 Å². The maximum atomic E-state index is 10.8. The van der Waals surface area contributed by atoms with E-state index in [9.17, 15) is 4.79 Å². The van der Waals surface area contributed by atoms with E-state index >= 15 is 0 Å². The summed E-state index contributed by atoms with van der Waals surface area (Å²) in [6.45, 7) is 10.3. The largest absolute Gasteiger partial charge is 0.444 e. The topological polar surface area (TPSA) is 64.3 Å². The highest BCUT2D eigenvalue weighted by Crippen LogP contribution is 2.05. The molecule has 0 radical (unpaired) electrons. The molecule has 0 aromatic heterocycles. The monoisotopic (exact) mass is 194 g/mol. The van der Waals surface area contributed by atoms with Crippen LogP contribution < -0.4 is 11.1 Å². The van der Waals surface area contributed by atoms with E-state index in [0.29, 0.717) is 13.1 Å². The highest BCUT2D eigenvalue weighted by atomic mass is 16.6. The first-order valence-electron chi connectivity index (χ1n) is 4.62. The normalized spacial score (nSPS) is 9.69. The van der Waals surface area contributed by atoms with Gasteiger partial charge >= 0.3 is 6.09 Å². The molecule has 0 aliphatic rings. The molecule has 4 heteroatoms. The molecule has 0 atom stereocenters. The van der Waals surface area contributed by atoms with Crippen molar-refractivity contribution in [1.29, 1.82) is 0 Å². The molecule has 1 amide bonds. The van der Waals surface area contributed by atoms with Gasteiger partial charge in [-0.15, -0.1) is 0 Å². The lowest BCUT2D eigenvalue weighted by Gasteiger charge is -2.19. The molecule has 0 bridgehead atoms. The Kier molecular flexibility index (Phi) is 8.91. The van der Waals surface area contributed by atoms with Crippen molar-refractivity contribution in [2.75, 3.05) is 13.1 Å². The van der Waals surface area contributed by atoms with Crippen molar-refractivity contribution in [3.8, 4) is 0 Å². The lowest BCUT2D eigenvalue weighted by Crippen LogP contribution is -2.35. The van der Waals surface area contributed by atoms with Crippen LogP contribution in [-0.2, 0) is 4.74 Å². The van der Waals surface area contributed by atoms with E-state index in [1.807, 2.05) is 34.6 Å². The summed E-state index contributed by atoms with van der Waals surface area (Å²) < 4.78 is 4.93. The Balaban J connectivity index is -0.000000142. The van der Waals surface area contributed by atoms with Crippen LogP contribution in [0.4, 0.5) is 4.79 Å². The minimum atomic E-state index is -0.432. The third-order valence-corrected chi connectivity index (χ3v) is 0.813. The van der Waals surface area contributed by atoms with Crippen molar-refractivity contribution in [3.63, 3.8) is 0 Å². The molecule has 84 valence electrons. The van der Waals surface area contributed by atoms with Crippen LogP contribution in [0.1, 0.15) is 37.5 Å². The highest BCUT2D eigenvalue weighted by molar-refractivity contribution is 5.67. The van der Waals surface area contributed by atoms with Crippen LogP contribution in [-0.4, -0.2) is 24.8 Å². The first kappa shape index (κ1) is 14.7. The fourth-order valence-corrected chi connectivity index (χ4v) is 0.488. The van der Waals surface area contributed by atoms with Crippen molar-refractivity contribution < 1.29 is 12.4 Å². The van der Waals surface area contributed by atoms with Gasteiger partial charge in [0.15, 0.2) is 0 Å². The van der Waals surface area contributed by atoms with Crippen molar-refractivity contribution >= 4 is 6.09 Å². The molecule has 0 unspecified atom stereocenters. The summed E-state index contributed by atoms with van der Waals surface area (Å²) >= 11 is 0.